The van der Waals surface area contributed by atoms with Crippen LogP contribution in [0.15, 0.2) is 72.4 Å². The summed E-state index contributed by atoms with van der Waals surface area (Å²) in [6, 6.07) is 19.7. The van der Waals surface area contributed by atoms with Gasteiger partial charge in [0.2, 0.25) is 0 Å². The molecule has 1 aliphatic heterocycles. The van der Waals surface area contributed by atoms with E-state index in [1.54, 1.807) is 23.6 Å². The number of nitrogens with zero attached hydrogens (tertiary/aromatic N) is 3. The molecule has 0 radical (unpaired) electrons. The summed E-state index contributed by atoms with van der Waals surface area (Å²) in [5.74, 6) is -0.182. The smallest absolute Gasteiger partial charge is 0.131 e. The van der Waals surface area contributed by atoms with E-state index in [1.165, 1.54) is 12.8 Å². The zero-order valence-corrected chi connectivity index (χ0v) is 18.9. The second kappa shape index (κ2) is 8.54. The van der Waals surface area contributed by atoms with Gasteiger partial charge in [0.25, 0.3) is 0 Å². The van der Waals surface area contributed by atoms with Crippen molar-refractivity contribution in [2.75, 3.05) is 18.4 Å². The highest BCUT2D eigenvalue weighted by molar-refractivity contribution is 7.16. The maximum Gasteiger partial charge on any atom is 0.131 e. The Morgan fingerprint density at radius 3 is 2.70 bits per heavy atom. The van der Waals surface area contributed by atoms with Crippen molar-refractivity contribution < 1.29 is 4.39 Å². The van der Waals surface area contributed by atoms with Crippen molar-refractivity contribution >= 4 is 43.8 Å². The van der Waals surface area contributed by atoms with E-state index in [9.17, 15) is 0 Å². The average Bonchev–Trinajstić information content (AvgIpc) is 3.51. The first-order chi connectivity index (χ1) is 16.2. The molecule has 0 atom stereocenters. The molecular weight excluding hydrogens is 431 g/mol. The van der Waals surface area contributed by atoms with Gasteiger partial charge in [-0.1, -0.05) is 18.2 Å². The largest absolute Gasteiger partial charge is 0.355 e. The molecule has 164 valence electrons. The number of thiazole rings is 1. The molecule has 33 heavy (non-hydrogen) atoms. The molecule has 0 bridgehead atoms. The topological polar surface area (TPSA) is 41.1 Å². The van der Waals surface area contributed by atoms with Crippen LogP contribution >= 0.6 is 11.3 Å². The van der Waals surface area contributed by atoms with Gasteiger partial charge < -0.3 is 5.32 Å². The van der Waals surface area contributed by atoms with E-state index in [2.05, 4.69) is 32.3 Å². The van der Waals surface area contributed by atoms with Gasteiger partial charge in [-0.15, -0.1) is 11.3 Å². The molecule has 5 aromatic rings. The molecule has 4 nitrogen and oxygen atoms in total. The molecule has 1 saturated heterocycles. The van der Waals surface area contributed by atoms with Gasteiger partial charge >= 0.3 is 0 Å². The number of fused-ring (bicyclic) bond motifs is 2. The lowest BCUT2D eigenvalue weighted by Crippen LogP contribution is -2.18. The first kappa shape index (κ1) is 20.3. The minimum absolute atomic E-state index is 0.182. The summed E-state index contributed by atoms with van der Waals surface area (Å²) in [6.45, 7) is 3.02. The number of pyridine rings is 1. The third kappa shape index (κ3) is 4.08. The van der Waals surface area contributed by atoms with E-state index in [0.29, 0.717) is 5.56 Å². The highest BCUT2D eigenvalue weighted by Gasteiger charge is 2.14. The number of likely N-dealkylation sites (tertiary alicyclic amines) is 1. The number of halogens is 1. The summed E-state index contributed by atoms with van der Waals surface area (Å²) in [6.07, 6.45) is 4.26. The zero-order valence-electron chi connectivity index (χ0n) is 18.1. The van der Waals surface area contributed by atoms with Crippen LogP contribution < -0.4 is 5.32 Å². The van der Waals surface area contributed by atoms with Gasteiger partial charge in [-0.25, -0.2) is 9.37 Å². The Morgan fingerprint density at radius 2 is 1.82 bits per heavy atom. The van der Waals surface area contributed by atoms with Crippen LogP contribution in [0.5, 0.6) is 0 Å². The van der Waals surface area contributed by atoms with Gasteiger partial charge in [0, 0.05) is 35.1 Å². The van der Waals surface area contributed by atoms with Crippen molar-refractivity contribution in [3.05, 3.63) is 83.8 Å². The molecule has 0 aliphatic carbocycles. The van der Waals surface area contributed by atoms with Gasteiger partial charge in [0.05, 0.1) is 21.2 Å². The van der Waals surface area contributed by atoms with Crippen LogP contribution in [0.1, 0.15) is 18.4 Å². The maximum absolute atomic E-state index is 15.1. The van der Waals surface area contributed by atoms with E-state index in [0.717, 1.165) is 63.3 Å². The van der Waals surface area contributed by atoms with Gasteiger partial charge in [0.15, 0.2) is 0 Å². The van der Waals surface area contributed by atoms with Crippen molar-refractivity contribution in [3.8, 4) is 11.1 Å². The van der Waals surface area contributed by atoms with Crippen molar-refractivity contribution in [3.63, 3.8) is 0 Å². The molecule has 6 rings (SSSR count). The lowest BCUT2D eigenvalue weighted by molar-refractivity contribution is 0.331. The van der Waals surface area contributed by atoms with Crippen molar-refractivity contribution in [2.24, 2.45) is 0 Å². The third-order valence-electron chi connectivity index (χ3n) is 6.30. The highest BCUT2D eigenvalue weighted by atomic mass is 32.1. The van der Waals surface area contributed by atoms with E-state index >= 15 is 4.39 Å². The fourth-order valence-corrected chi connectivity index (χ4v) is 5.26. The lowest BCUT2D eigenvalue weighted by Gasteiger charge is -2.15. The Labute approximate surface area is 195 Å². The Kier molecular flexibility index (Phi) is 5.24. The van der Waals surface area contributed by atoms with Crippen molar-refractivity contribution in [1.82, 2.24) is 14.9 Å². The number of anilines is 2. The SMILES string of the molecule is Fc1cc(CN2CCCC2)ccc1-c1ccc2nccc(Nc3ccc4scnc4c3)c2c1. The summed E-state index contributed by atoms with van der Waals surface area (Å²) < 4.78 is 16.3. The molecule has 0 saturated carbocycles. The summed E-state index contributed by atoms with van der Waals surface area (Å²) in [7, 11) is 0. The fraction of sp³-hybridized carbons (Fsp3) is 0.185. The second-order valence-corrected chi connectivity index (χ2v) is 9.43. The predicted molar refractivity (Wildman–Crippen MR) is 135 cm³/mol. The molecule has 2 aromatic heterocycles. The van der Waals surface area contributed by atoms with Crippen LogP contribution in [0.25, 0.3) is 32.2 Å². The number of benzene rings is 3. The van der Waals surface area contributed by atoms with Gasteiger partial charge in [0.1, 0.15) is 5.82 Å². The molecule has 0 amide bonds. The first-order valence-electron chi connectivity index (χ1n) is 11.2. The van der Waals surface area contributed by atoms with E-state index in [-0.39, 0.29) is 5.82 Å². The van der Waals surface area contributed by atoms with E-state index < -0.39 is 0 Å². The van der Waals surface area contributed by atoms with E-state index in [4.69, 9.17) is 0 Å². The van der Waals surface area contributed by atoms with Crippen molar-refractivity contribution in [1.29, 1.82) is 0 Å². The predicted octanol–water partition coefficient (Wildman–Crippen LogP) is 6.99. The Bertz CT molecular complexity index is 1460. The molecule has 0 unspecified atom stereocenters. The molecule has 0 spiro atoms. The average molecular weight is 455 g/mol. The molecule has 1 N–H and O–H groups in total. The lowest BCUT2D eigenvalue weighted by atomic mass is 10.0. The van der Waals surface area contributed by atoms with Crippen molar-refractivity contribution in [2.45, 2.75) is 19.4 Å². The Balaban J connectivity index is 1.33. The minimum atomic E-state index is -0.182. The quantitative estimate of drug-likeness (QED) is 0.311. The second-order valence-electron chi connectivity index (χ2n) is 8.55. The first-order valence-corrected chi connectivity index (χ1v) is 12.1. The number of hydrogen-bond donors (Lipinski definition) is 1. The van der Waals surface area contributed by atoms with E-state index in [1.807, 2.05) is 48.0 Å². The van der Waals surface area contributed by atoms with Crippen LogP contribution in [0.3, 0.4) is 0 Å². The monoisotopic (exact) mass is 454 g/mol. The highest BCUT2D eigenvalue weighted by Crippen LogP contribution is 2.32. The van der Waals surface area contributed by atoms with Gasteiger partial charge in [-0.2, -0.15) is 0 Å². The fourth-order valence-electron chi connectivity index (χ4n) is 4.60. The number of nitrogens with one attached hydrogen (secondary N) is 1. The van der Waals surface area contributed by atoms with Crippen LogP contribution in [-0.4, -0.2) is 28.0 Å². The molecule has 6 heteroatoms. The van der Waals surface area contributed by atoms with Crippen LogP contribution in [-0.2, 0) is 6.54 Å². The standard InChI is InChI=1S/C27H23FN4S/c28-23-13-18(16-32-11-1-2-12-32)3-6-21(23)19-4-7-24-22(14-19)25(9-10-29-24)31-20-5-8-27-26(15-20)30-17-33-27/h3-10,13-15,17H,1-2,11-12,16H2,(H,29,31). The summed E-state index contributed by atoms with van der Waals surface area (Å²) >= 11 is 1.63. The summed E-state index contributed by atoms with van der Waals surface area (Å²) in [5.41, 5.74) is 8.07. The Morgan fingerprint density at radius 1 is 0.909 bits per heavy atom. The summed E-state index contributed by atoms with van der Waals surface area (Å²) in [4.78, 5) is 11.3. The van der Waals surface area contributed by atoms with Crippen LogP contribution in [0.2, 0.25) is 0 Å². The molecule has 1 aliphatic rings. The normalized spacial score (nSPS) is 14.3. The molecule has 3 aromatic carbocycles. The zero-order chi connectivity index (χ0) is 22.2. The molecular formula is C27H23FN4S. The number of rotatable bonds is 5. The molecule has 1 fully saturated rings. The van der Waals surface area contributed by atoms with Gasteiger partial charge in [-0.05, 0) is 79.5 Å². The van der Waals surface area contributed by atoms with Gasteiger partial charge in [-0.3, -0.25) is 9.88 Å². The number of hydrogen-bond acceptors (Lipinski definition) is 5. The summed E-state index contributed by atoms with van der Waals surface area (Å²) in [5, 5.41) is 4.45. The molecule has 3 heterocycles. The minimum Gasteiger partial charge on any atom is -0.355 e. The number of aromatic nitrogens is 2. The van der Waals surface area contributed by atoms with Crippen LogP contribution in [0.4, 0.5) is 15.8 Å². The van der Waals surface area contributed by atoms with Crippen LogP contribution in [0, 0.1) is 5.82 Å². The Hall–Kier alpha value is -3.35. The third-order valence-corrected chi connectivity index (χ3v) is 7.11. The maximum atomic E-state index is 15.1.